The van der Waals surface area contributed by atoms with Crippen molar-refractivity contribution < 1.29 is 4.79 Å². The van der Waals surface area contributed by atoms with Crippen molar-refractivity contribution in [1.82, 2.24) is 14.9 Å². The van der Waals surface area contributed by atoms with Crippen molar-refractivity contribution in [2.45, 2.75) is 38.3 Å². The molecule has 2 heterocycles. The molecular weight excluding hydrogens is 446 g/mol. The normalized spacial score (nSPS) is 15.1. The predicted octanol–water partition coefficient (Wildman–Crippen LogP) is 5.57. The van der Waals surface area contributed by atoms with E-state index in [0.29, 0.717) is 17.7 Å². The van der Waals surface area contributed by atoms with E-state index in [0.717, 1.165) is 59.3 Å². The summed E-state index contributed by atoms with van der Waals surface area (Å²) in [7, 11) is 0. The number of carbonyl (C=O) groups is 1. The minimum absolute atomic E-state index is 0.0156. The lowest BCUT2D eigenvalue weighted by Crippen LogP contribution is -2.32. The number of aromatic nitrogens is 2. The van der Waals surface area contributed by atoms with E-state index < -0.39 is 0 Å². The van der Waals surface area contributed by atoms with Gasteiger partial charge >= 0.3 is 0 Å². The van der Waals surface area contributed by atoms with Gasteiger partial charge in [-0.3, -0.25) is 4.79 Å². The van der Waals surface area contributed by atoms with E-state index >= 15 is 0 Å². The number of carbonyl (C=O) groups excluding carboxylic acids is 1. The minimum Gasteiger partial charge on any atom is -0.356 e. The molecule has 0 unspecified atom stereocenters. The van der Waals surface area contributed by atoms with Crippen molar-refractivity contribution in [2.75, 3.05) is 18.0 Å². The van der Waals surface area contributed by atoms with E-state index in [1.54, 1.807) is 30.6 Å². The molecule has 36 heavy (non-hydrogen) atoms. The molecule has 0 radical (unpaired) electrons. The fourth-order valence-electron chi connectivity index (χ4n) is 5.09. The van der Waals surface area contributed by atoms with Gasteiger partial charge in [-0.1, -0.05) is 30.3 Å². The van der Waals surface area contributed by atoms with Gasteiger partial charge in [0, 0.05) is 36.6 Å². The molecule has 6 heteroatoms. The maximum Gasteiger partial charge on any atom is 0.254 e. The molecule has 0 N–H and O–H groups in total. The van der Waals surface area contributed by atoms with Gasteiger partial charge in [0.2, 0.25) is 0 Å². The molecule has 0 bridgehead atoms. The summed E-state index contributed by atoms with van der Waals surface area (Å²) in [6.07, 6.45) is 6.10. The molecular formula is C30H27N5O. The molecule has 1 aliphatic carbocycles. The number of hydrogen-bond acceptors (Lipinski definition) is 5. The number of benzene rings is 3. The highest BCUT2D eigenvalue weighted by Crippen LogP contribution is 2.33. The van der Waals surface area contributed by atoms with Crippen LogP contribution in [0.2, 0.25) is 0 Å². The highest BCUT2D eigenvalue weighted by atomic mass is 16.2. The lowest BCUT2D eigenvalue weighted by atomic mass is 10.0. The van der Waals surface area contributed by atoms with Gasteiger partial charge in [-0.05, 0) is 78.8 Å². The molecule has 1 aromatic heterocycles. The molecule has 178 valence electrons. The molecule has 6 rings (SSSR count). The first-order valence-corrected chi connectivity index (χ1v) is 12.6. The SMILES string of the molecule is N#Cc1cccc(C(=O)N(Cc2cccc(-c3ccc4ncnc(N5CCCC5)c4c3)c2)C2CC2)c1. The largest absolute Gasteiger partial charge is 0.356 e. The van der Waals surface area contributed by atoms with E-state index in [9.17, 15) is 10.1 Å². The maximum absolute atomic E-state index is 13.4. The zero-order chi connectivity index (χ0) is 24.5. The van der Waals surface area contributed by atoms with Gasteiger partial charge in [-0.15, -0.1) is 0 Å². The van der Waals surface area contributed by atoms with Crippen LogP contribution in [0.1, 0.15) is 47.2 Å². The third-order valence-corrected chi connectivity index (χ3v) is 7.12. The quantitative estimate of drug-likeness (QED) is 0.366. The minimum atomic E-state index is -0.0156. The van der Waals surface area contributed by atoms with Crippen LogP contribution in [0.25, 0.3) is 22.0 Å². The van der Waals surface area contributed by atoms with Gasteiger partial charge in [0.15, 0.2) is 0 Å². The first kappa shape index (κ1) is 22.2. The van der Waals surface area contributed by atoms with Crippen LogP contribution in [0.3, 0.4) is 0 Å². The summed E-state index contributed by atoms with van der Waals surface area (Å²) in [5, 5.41) is 10.3. The van der Waals surface area contributed by atoms with Gasteiger partial charge in [0.05, 0.1) is 17.1 Å². The standard InChI is InChI=1S/C30H27N5O/c31-18-21-5-3-8-25(15-21)30(36)35(26-10-11-26)19-22-6-4-7-23(16-22)24-9-12-28-27(17-24)29(33-20-32-28)34-13-1-2-14-34/h3-9,12,15-17,20,26H,1-2,10-11,13-14,19H2. The Morgan fingerprint density at radius 2 is 1.78 bits per heavy atom. The van der Waals surface area contributed by atoms with Crippen molar-refractivity contribution in [1.29, 1.82) is 5.26 Å². The van der Waals surface area contributed by atoms with E-state index in [4.69, 9.17) is 0 Å². The summed E-state index contributed by atoms with van der Waals surface area (Å²) in [6, 6.07) is 24.2. The van der Waals surface area contributed by atoms with Gasteiger partial charge in [-0.25, -0.2) is 9.97 Å². The van der Waals surface area contributed by atoms with Crippen LogP contribution in [-0.4, -0.2) is 39.9 Å². The number of amides is 1. The van der Waals surface area contributed by atoms with Gasteiger partial charge in [0.1, 0.15) is 12.1 Å². The molecule has 1 amide bonds. The monoisotopic (exact) mass is 473 g/mol. The van der Waals surface area contributed by atoms with Crippen molar-refractivity contribution in [3.63, 3.8) is 0 Å². The molecule has 1 saturated heterocycles. The smallest absolute Gasteiger partial charge is 0.254 e. The Morgan fingerprint density at radius 3 is 2.58 bits per heavy atom. The first-order valence-electron chi connectivity index (χ1n) is 12.6. The fraction of sp³-hybridized carbons (Fsp3) is 0.267. The number of nitrogens with zero attached hydrogens (tertiary/aromatic N) is 5. The van der Waals surface area contributed by atoms with Crippen LogP contribution >= 0.6 is 0 Å². The second kappa shape index (κ2) is 9.43. The highest BCUT2D eigenvalue weighted by molar-refractivity contribution is 5.95. The van der Waals surface area contributed by atoms with E-state index in [1.165, 1.54) is 12.8 Å². The van der Waals surface area contributed by atoms with Gasteiger partial charge in [0.25, 0.3) is 5.91 Å². The van der Waals surface area contributed by atoms with Gasteiger partial charge in [-0.2, -0.15) is 5.26 Å². The predicted molar refractivity (Wildman–Crippen MR) is 140 cm³/mol. The van der Waals surface area contributed by atoms with Crippen molar-refractivity contribution >= 4 is 22.6 Å². The lowest BCUT2D eigenvalue weighted by Gasteiger charge is -2.23. The Morgan fingerprint density at radius 1 is 0.972 bits per heavy atom. The number of anilines is 1. The second-order valence-corrected chi connectivity index (χ2v) is 9.68. The van der Waals surface area contributed by atoms with E-state index in [1.807, 2.05) is 4.90 Å². The molecule has 2 aliphatic rings. The topological polar surface area (TPSA) is 73.1 Å². The third-order valence-electron chi connectivity index (χ3n) is 7.12. The summed E-state index contributed by atoms with van der Waals surface area (Å²) >= 11 is 0. The molecule has 4 aromatic rings. The number of rotatable bonds is 6. The van der Waals surface area contributed by atoms with Crippen molar-refractivity contribution in [3.8, 4) is 17.2 Å². The van der Waals surface area contributed by atoms with Crippen LogP contribution in [0.4, 0.5) is 5.82 Å². The highest BCUT2D eigenvalue weighted by Gasteiger charge is 2.33. The van der Waals surface area contributed by atoms with Crippen LogP contribution in [0.5, 0.6) is 0 Å². The summed E-state index contributed by atoms with van der Waals surface area (Å²) in [6.45, 7) is 2.62. The van der Waals surface area contributed by atoms with Crippen molar-refractivity contribution in [3.05, 3.63) is 89.7 Å². The Balaban J connectivity index is 1.30. The van der Waals surface area contributed by atoms with Crippen LogP contribution < -0.4 is 4.90 Å². The fourth-order valence-corrected chi connectivity index (χ4v) is 5.09. The van der Waals surface area contributed by atoms with Crippen LogP contribution in [-0.2, 0) is 6.54 Å². The van der Waals surface area contributed by atoms with Crippen LogP contribution in [0.15, 0.2) is 73.1 Å². The first-order chi connectivity index (χ1) is 17.7. The zero-order valence-electron chi connectivity index (χ0n) is 20.1. The summed E-state index contributed by atoms with van der Waals surface area (Å²) in [5.41, 5.74) is 5.35. The average molecular weight is 474 g/mol. The molecule has 6 nitrogen and oxygen atoms in total. The van der Waals surface area contributed by atoms with Gasteiger partial charge < -0.3 is 9.80 Å². The average Bonchev–Trinajstić information content (AvgIpc) is 3.63. The Labute approximate surface area is 210 Å². The maximum atomic E-state index is 13.4. The Hall–Kier alpha value is -4.24. The van der Waals surface area contributed by atoms with Crippen molar-refractivity contribution in [2.24, 2.45) is 0 Å². The number of hydrogen-bond donors (Lipinski definition) is 0. The van der Waals surface area contributed by atoms with E-state index in [-0.39, 0.29) is 11.9 Å². The van der Waals surface area contributed by atoms with E-state index in [2.05, 4.69) is 63.4 Å². The Bertz CT molecular complexity index is 1480. The van der Waals surface area contributed by atoms with Crippen LogP contribution in [0, 0.1) is 11.3 Å². The third kappa shape index (κ3) is 4.40. The molecule has 1 aliphatic heterocycles. The molecule has 0 atom stereocenters. The molecule has 1 saturated carbocycles. The number of nitriles is 1. The Kier molecular flexibility index (Phi) is 5.82. The zero-order valence-corrected chi connectivity index (χ0v) is 20.1. The molecule has 0 spiro atoms. The lowest BCUT2D eigenvalue weighted by molar-refractivity contribution is 0.0730. The molecule has 3 aromatic carbocycles. The number of fused-ring (bicyclic) bond motifs is 1. The summed E-state index contributed by atoms with van der Waals surface area (Å²) in [4.78, 5) is 26.8. The summed E-state index contributed by atoms with van der Waals surface area (Å²) < 4.78 is 0. The molecule has 2 fully saturated rings. The summed E-state index contributed by atoms with van der Waals surface area (Å²) in [5.74, 6) is 0.999. The second-order valence-electron chi connectivity index (χ2n) is 9.68.